The van der Waals surface area contributed by atoms with Crippen molar-refractivity contribution >= 4 is 28.7 Å². The Bertz CT molecular complexity index is 1100. The molecular weight excluding hydrogens is 401 g/mol. The van der Waals surface area contributed by atoms with Gasteiger partial charge in [-0.3, -0.25) is 0 Å². The van der Waals surface area contributed by atoms with Crippen molar-refractivity contribution in [2.24, 2.45) is 5.10 Å². The number of carboxylic acid groups (broad SMARTS) is 1. The first-order valence-corrected chi connectivity index (χ1v) is 9.57. The van der Waals surface area contributed by atoms with Gasteiger partial charge in [-0.15, -0.1) is 11.3 Å². The molecule has 1 N–H and O–H groups in total. The van der Waals surface area contributed by atoms with E-state index in [-0.39, 0.29) is 5.69 Å². The van der Waals surface area contributed by atoms with Gasteiger partial charge in [-0.1, -0.05) is 18.2 Å². The molecule has 29 heavy (non-hydrogen) atoms. The largest absolute Gasteiger partial charge is 0.479 e. The third kappa shape index (κ3) is 3.09. The van der Waals surface area contributed by atoms with Gasteiger partial charge in [-0.05, 0) is 48.2 Å². The second kappa shape index (κ2) is 7.04. The average Bonchev–Trinajstić information content (AvgIpc) is 3.29. The molecule has 148 valence electrons. The summed E-state index contributed by atoms with van der Waals surface area (Å²) in [4.78, 5) is 13.2. The Kier molecular flexibility index (Phi) is 4.66. The van der Waals surface area contributed by atoms with Gasteiger partial charge in [0, 0.05) is 10.9 Å². The lowest BCUT2D eigenvalue weighted by molar-refractivity contribution is -0.142. The first-order valence-electron chi connectivity index (χ1n) is 8.69. The Morgan fingerprint density at radius 3 is 2.38 bits per heavy atom. The molecule has 4 nitrogen and oxygen atoms in total. The van der Waals surface area contributed by atoms with Crippen molar-refractivity contribution in [3.8, 4) is 0 Å². The SMILES string of the molecule is CC1(C(=O)O)C(c2cccs2)C(c2ccc(F)cc2)=NN1c1ccc(F)cc1F. The van der Waals surface area contributed by atoms with E-state index in [0.29, 0.717) is 22.2 Å². The fourth-order valence-electron chi connectivity index (χ4n) is 3.54. The molecule has 0 saturated heterocycles. The highest BCUT2D eigenvalue weighted by molar-refractivity contribution is 7.10. The molecule has 2 atom stereocenters. The van der Waals surface area contributed by atoms with Crippen LogP contribution in [0.3, 0.4) is 0 Å². The lowest BCUT2D eigenvalue weighted by Crippen LogP contribution is -2.52. The molecule has 0 fully saturated rings. The normalized spacial score (nSPS) is 21.3. The Morgan fingerprint density at radius 1 is 1.10 bits per heavy atom. The highest BCUT2D eigenvalue weighted by Gasteiger charge is 2.56. The number of hydrogen-bond donors (Lipinski definition) is 1. The number of halogens is 3. The zero-order valence-corrected chi connectivity index (χ0v) is 16.0. The van der Waals surface area contributed by atoms with Crippen LogP contribution in [0, 0.1) is 17.5 Å². The smallest absolute Gasteiger partial charge is 0.332 e. The van der Waals surface area contributed by atoms with Gasteiger partial charge in [0.2, 0.25) is 0 Å². The number of carbonyl (C=O) groups is 1. The van der Waals surface area contributed by atoms with E-state index in [1.54, 1.807) is 17.5 Å². The first kappa shape index (κ1) is 19.2. The fraction of sp³-hybridized carbons (Fsp3) is 0.143. The highest BCUT2D eigenvalue weighted by Crippen LogP contribution is 2.46. The summed E-state index contributed by atoms with van der Waals surface area (Å²) < 4.78 is 41.4. The predicted molar refractivity (Wildman–Crippen MR) is 105 cm³/mol. The topological polar surface area (TPSA) is 52.9 Å². The monoisotopic (exact) mass is 416 g/mol. The number of benzene rings is 2. The van der Waals surface area contributed by atoms with E-state index in [1.807, 2.05) is 0 Å². The van der Waals surface area contributed by atoms with Gasteiger partial charge >= 0.3 is 5.97 Å². The molecule has 0 saturated carbocycles. The van der Waals surface area contributed by atoms with Crippen LogP contribution in [-0.4, -0.2) is 22.3 Å². The van der Waals surface area contributed by atoms with Crippen LogP contribution >= 0.6 is 11.3 Å². The second-order valence-corrected chi connectivity index (χ2v) is 7.78. The van der Waals surface area contributed by atoms with Crippen molar-refractivity contribution in [1.29, 1.82) is 0 Å². The molecule has 1 aromatic heterocycles. The maximum absolute atomic E-state index is 14.6. The van der Waals surface area contributed by atoms with Gasteiger partial charge in [-0.25, -0.2) is 23.0 Å². The van der Waals surface area contributed by atoms with Crippen molar-refractivity contribution in [2.75, 3.05) is 5.01 Å². The number of aliphatic carboxylic acids is 1. The molecule has 1 aliphatic heterocycles. The number of hydrogen-bond acceptors (Lipinski definition) is 4. The van der Waals surface area contributed by atoms with E-state index >= 15 is 0 Å². The zero-order valence-electron chi connectivity index (χ0n) is 15.1. The summed E-state index contributed by atoms with van der Waals surface area (Å²) in [6, 6.07) is 12.0. The summed E-state index contributed by atoms with van der Waals surface area (Å²) in [7, 11) is 0. The van der Waals surface area contributed by atoms with Crippen molar-refractivity contribution in [3.05, 3.63) is 87.9 Å². The van der Waals surface area contributed by atoms with Crippen molar-refractivity contribution in [1.82, 2.24) is 0 Å². The number of anilines is 1. The third-order valence-electron chi connectivity index (χ3n) is 5.02. The standard InChI is InChI=1S/C21H15F3N2O2S/c1-21(20(27)28)18(17-3-2-10-29-17)19(12-4-6-13(22)7-5-12)25-26(21)16-9-8-14(23)11-15(16)24/h2-11,18H,1H3,(H,27,28). The van der Waals surface area contributed by atoms with Crippen LogP contribution in [0.25, 0.3) is 0 Å². The van der Waals surface area contributed by atoms with Crippen LogP contribution in [0.5, 0.6) is 0 Å². The highest BCUT2D eigenvalue weighted by atomic mass is 32.1. The zero-order chi connectivity index (χ0) is 20.8. The van der Waals surface area contributed by atoms with E-state index in [0.717, 1.165) is 17.1 Å². The summed E-state index contributed by atoms with van der Waals surface area (Å²) >= 11 is 1.35. The van der Waals surface area contributed by atoms with Gasteiger partial charge in [0.05, 0.1) is 17.3 Å². The maximum Gasteiger partial charge on any atom is 0.332 e. The summed E-state index contributed by atoms with van der Waals surface area (Å²) in [6.45, 7) is 1.45. The van der Waals surface area contributed by atoms with Gasteiger partial charge in [0.1, 0.15) is 11.6 Å². The van der Waals surface area contributed by atoms with Crippen molar-refractivity contribution in [3.63, 3.8) is 0 Å². The lowest BCUT2D eigenvalue weighted by Gasteiger charge is -2.34. The molecule has 3 aromatic rings. The number of nitrogens with zero attached hydrogens (tertiary/aromatic N) is 2. The van der Waals surface area contributed by atoms with Crippen LogP contribution in [0.1, 0.15) is 23.3 Å². The summed E-state index contributed by atoms with van der Waals surface area (Å²) in [6.07, 6.45) is 0. The summed E-state index contributed by atoms with van der Waals surface area (Å²) in [5.41, 5.74) is -0.967. The Morgan fingerprint density at radius 2 is 1.79 bits per heavy atom. The van der Waals surface area contributed by atoms with Crippen LogP contribution < -0.4 is 5.01 Å². The van der Waals surface area contributed by atoms with Gasteiger partial charge < -0.3 is 5.11 Å². The minimum atomic E-state index is -1.69. The van der Waals surface area contributed by atoms with E-state index in [4.69, 9.17) is 0 Å². The average molecular weight is 416 g/mol. The van der Waals surface area contributed by atoms with E-state index in [1.165, 1.54) is 42.5 Å². The molecule has 2 unspecified atom stereocenters. The Hall–Kier alpha value is -3.13. The van der Waals surface area contributed by atoms with Crippen molar-refractivity contribution < 1.29 is 23.1 Å². The summed E-state index contributed by atoms with van der Waals surface area (Å²) in [5.74, 6) is -4.12. The van der Waals surface area contributed by atoms with Crippen molar-refractivity contribution in [2.45, 2.75) is 18.4 Å². The number of rotatable bonds is 4. The van der Waals surface area contributed by atoms with Crippen LogP contribution in [0.4, 0.5) is 18.9 Å². The lowest BCUT2D eigenvalue weighted by atomic mass is 9.79. The van der Waals surface area contributed by atoms with Gasteiger partial charge in [0.25, 0.3) is 0 Å². The third-order valence-corrected chi connectivity index (χ3v) is 5.96. The number of carboxylic acids is 1. The molecule has 0 bridgehead atoms. The van der Waals surface area contributed by atoms with Gasteiger partial charge in [-0.2, -0.15) is 5.10 Å². The fourth-order valence-corrected chi connectivity index (χ4v) is 4.49. The maximum atomic E-state index is 14.6. The molecule has 0 radical (unpaired) electrons. The molecule has 0 aliphatic carbocycles. The molecule has 0 spiro atoms. The van der Waals surface area contributed by atoms with Crippen LogP contribution in [-0.2, 0) is 4.79 Å². The molecule has 2 heterocycles. The van der Waals surface area contributed by atoms with Crippen LogP contribution in [0.15, 0.2) is 65.1 Å². The van der Waals surface area contributed by atoms with Crippen LogP contribution in [0.2, 0.25) is 0 Å². The molecule has 8 heteroatoms. The first-order chi connectivity index (χ1) is 13.8. The molecule has 1 aliphatic rings. The van der Waals surface area contributed by atoms with E-state index in [2.05, 4.69) is 5.10 Å². The van der Waals surface area contributed by atoms with E-state index < -0.39 is 34.9 Å². The Balaban J connectivity index is 1.96. The van der Waals surface area contributed by atoms with Gasteiger partial charge in [0.15, 0.2) is 11.4 Å². The number of hydrazone groups is 1. The minimum Gasteiger partial charge on any atom is -0.479 e. The molecule has 4 rings (SSSR count). The quantitative estimate of drug-likeness (QED) is 0.650. The molecule has 2 aromatic carbocycles. The number of thiophene rings is 1. The Labute approximate surface area is 168 Å². The molecular formula is C21H15F3N2O2S. The summed E-state index contributed by atoms with van der Waals surface area (Å²) in [5, 5.41) is 17.5. The minimum absolute atomic E-state index is 0.157. The van der Waals surface area contributed by atoms with E-state index in [9.17, 15) is 23.1 Å². The predicted octanol–water partition coefficient (Wildman–Crippen LogP) is 5.02. The second-order valence-electron chi connectivity index (χ2n) is 6.80. The molecule has 0 amide bonds.